The number of nitrogens with one attached hydrogen (secondary N) is 1. The molecule has 0 aromatic carbocycles. The van der Waals surface area contributed by atoms with Gasteiger partial charge in [0.2, 0.25) is 0 Å². The minimum atomic E-state index is -0.422. The largest absolute Gasteiger partial charge is 0.421 e. The van der Waals surface area contributed by atoms with Gasteiger partial charge in [-0.15, -0.1) is 0 Å². The number of hydrogen-bond acceptors (Lipinski definition) is 5. The van der Waals surface area contributed by atoms with Crippen LogP contribution in [0.4, 0.5) is 5.82 Å². The van der Waals surface area contributed by atoms with Gasteiger partial charge in [0.25, 0.3) is 0 Å². The standard InChI is InChI=1S/C14H14N4O2/c1-2-15-12-7-3-5-10(17-12)9-18-13-11(20-14(18)19)6-4-8-16-13/h3-8H,2,9H2,1H3,(H,15,17). The van der Waals surface area contributed by atoms with E-state index in [1.165, 1.54) is 4.57 Å². The van der Waals surface area contributed by atoms with Crippen LogP contribution in [-0.2, 0) is 6.54 Å². The molecule has 0 bridgehead atoms. The van der Waals surface area contributed by atoms with Gasteiger partial charge in [-0.1, -0.05) is 6.07 Å². The van der Waals surface area contributed by atoms with E-state index in [1.54, 1.807) is 18.3 Å². The van der Waals surface area contributed by atoms with Gasteiger partial charge in [0.05, 0.1) is 12.2 Å². The highest BCUT2D eigenvalue weighted by molar-refractivity contribution is 5.67. The smallest absolute Gasteiger partial charge is 0.406 e. The van der Waals surface area contributed by atoms with Crippen LogP contribution in [0, 0.1) is 0 Å². The average Bonchev–Trinajstić information content (AvgIpc) is 2.76. The first-order valence-corrected chi connectivity index (χ1v) is 6.42. The van der Waals surface area contributed by atoms with Gasteiger partial charge in [0.15, 0.2) is 11.2 Å². The zero-order valence-electron chi connectivity index (χ0n) is 11.0. The summed E-state index contributed by atoms with van der Waals surface area (Å²) >= 11 is 0. The van der Waals surface area contributed by atoms with Crippen LogP contribution < -0.4 is 11.1 Å². The van der Waals surface area contributed by atoms with Crippen molar-refractivity contribution in [3.05, 3.63) is 52.8 Å². The van der Waals surface area contributed by atoms with Gasteiger partial charge < -0.3 is 9.73 Å². The fraction of sp³-hybridized carbons (Fsp3) is 0.214. The van der Waals surface area contributed by atoms with Crippen LogP contribution >= 0.6 is 0 Å². The third-order valence-corrected chi connectivity index (χ3v) is 2.91. The van der Waals surface area contributed by atoms with E-state index in [9.17, 15) is 4.79 Å². The fourth-order valence-corrected chi connectivity index (χ4v) is 2.05. The summed E-state index contributed by atoms with van der Waals surface area (Å²) in [7, 11) is 0. The molecule has 0 saturated carbocycles. The maximum atomic E-state index is 11.9. The van der Waals surface area contributed by atoms with E-state index >= 15 is 0 Å². The molecule has 1 N–H and O–H groups in total. The second kappa shape index (κ2) is 5.16. The van der Waals surface area contributed by atoms with Gasteiger partial charge in [-0.2, -0.15) is 0 Å². The number of rotatable bonds is 4. The van der Waals surface area contributed by atoms with Crippen LogP contribution in [0.3, 0.4) is 0 Å². The minimum absolute atomic E-state index is 0.335. The van der Waals surface area contributed by atoms with Crippen LogP contribution in [0.15, 0.2) is 45.7 Å². The minimum Gasteiger partial charge on any atom is -0.406 e. The summed E-state index contributed by atoms with van der Waals surface area (Å²) in [5.41, 5.74) is 1.80. The molecule has 3 rings (SSSR count). The van der Waals surface area contributed by atoms with Crippen LogP contribution in [0.5, 0.6) is 0 Å². The highest BCUT2D eigenvalue weighted by Gasteiger charge is 2.10. The predicted molar refractivity (Wildman–Crippen MR) is 75.8 cm³/mol. The van der Waals surface area contributed by atoms with E-state index in [0.29, 0.717) is 17.8 Å². The van der Waals surface area contributed by atoms with Gasteiger partial charge in [-0.05, 0) is 31.2 Å². The Morgan fingerprint density at radius 3 is 3.05 bits per heavy atom. The molecule has 0 aliphatic carbocycles. The number of anilines is 1. The van der Waals surface area contributed by atoms with Crippen LogP contribution in [0.2, 0.25) is 0 Å². The number of nitrogens with zero attached hydrogens (tertiary/aromatic N) is 3. The SMILES string of the molecule is CCNc1cccc(Cn2c(=O)oc3cccnc32)n1. The molecule has 3 heterocycles. The van der Waals surface area contributed by atoms with Crippen molar-refractivity contribution in [3.63, 3.8) is 0 Å². The highest BCUT2D eigenvalue weighted by atomic mass is 16.4. The van der Waals surface area contributed by atoms with Crippen LogP contribution in [-0.4, -0.2) is 21.1 Å². The molecule has 0 aliphatic rings. The lowest BCUT2D eigenvalue weighted by Gasteiger charge is -2.05. The molecule has 102 valence electrons. The molecule has 3 aromatic rings. The van der Waals surface area contributed by atoms with Crippen molar-refractivity contribution in [1.29, 1.82) is 0 Å². The highest BCUT2D eigenvalue weighted by Crippen LogP contribution is 2.11. The van der Waals surface area contributed by atoms with Gasteiger partial charge >= 0.3 is 5.76 Å². The third-order valence-electron chi connectivity index (χ3n) is 2.91. The van der Waals surface area contributed by atoms with E-state index < -0.39 is 5.76 Å². The fourth-order valence-electron chi connectivity index (χ4n) is 2.05. The van der Waals surface area contributed by atoms with E-state index in [-0.39, 0.29) is 0 Å². The van der Waals surface area contributed by atoms with Crippen LogP contribution in [0.25, 0.3) is 11.2 Å². The van der Waals surface area contributed by atoms with Crippen molar-refractivity contribution < 1.29 is 4.42 Å². The maximum absolute atomic E-state index is 11.9. The first-order chi connectivity index (χ1) is 9.78. The molecule has 0 amide bonds. The molecule has 0 aliphatic heterocycles. The van der Waals surface area contributed by atoms with Crippen molar-refractivity contribution in [1.82, 2.24) is 14.5 Å². The van der Waals surface area contributed by atoms with E-state index in [0.717, 1.165) is 18.1 Å². The summed E-state index contributed by atoms with van der Waals surface area (Å²) in [6, 6.07) is 9.12. The Balaban J connectivity index is 1.99. The average molecular weight is 270 g/mol. The monoisotopic (exact) mass is 270 g/mol. The number of aromatic nitrogens is 3. The molecule has 20 heavy (non-hydrogen) atoms. The summed E-state index contributed by atoms with van der Waals surface area (Å²) < 4.78 is 6.63. The summed E-state index contributed by atoms with van der Waals surface area (Å²) in [5.74, 6) is 0.369. The zero-order valence-corrected chi connectivity index (χ0v) is 11.0. The molecule has 3 aromatic heterocycles. The molecule has 6 heteroatoms. The normalized spacial score (nSPS) is 10.8. The van der Waals surface area contributed by atoms with Gasteiger partial charge in [-0.25, -0.2) is 14.8 Å². The molecule has 0 atom stereocenters. The van der Waals surface area contributed by atoms with Crippen molar-refractivity contribution >= 4 is 17.0 Å². The number of fused-ring (bicyclic) bond motifs is 1. The van der Waals surface area contributed by atoms with E-state index in [2.05, 4.69) is 15.3 Å². The number of pyridine rings is 2. The second-order valence-corrected chi connectivity index (χ2v) is 4.32. The number of hydrogen-bond donors (Lipinski definition) is 1. The maximum Gasteiger partial charge on any atom is 0.421 e. The molecule has 0 spiro atoms. The van der Waals surface area contributed by atoms with Gasteiger partial charge in [0, 0.05) is 12.7 Å². The van der Waals surface area contributed by atoms with E-state index in [4.69, 9.17) is 4.42 Å². The lowest BCUT2D eigenvalue weighted by molar-refractivity contribution is 0.516. The lowest BCUT2D eigenvalue weighted by atomic mass is 10.3. The molecule has 0 unspecified atom stereocenters. The summed E-state index contributed by atoms with van der Waals surface area (Å²) in [5, 5.41) is 3.14. The molecule has 0 radical (unpaired) electrons. The lowest BCUT2D eigenvalue weighted by Crippen LogP contribution is -2.16. The van der Waals surface area contributed by atoms with Gasteiger partial charge in [-0.3, -0.25) is 4.57 Å². The van der Waals surface area contributed by atoms with Crippen molar-refractivity contribution in [2.75, 3.05) is 11.9 Å². The van der Waals surface area contributed by atoms with Crippen molar-refractivity contribution in [3.8, 4) is 0 Å². The summed E-state index contributed by atoms with van der Waals surface area (Å²) in [6.45, 7) is 3.14. The molecular weight excluding hydrogens is 256 g/mol. The second-order valence-electron chi connectivity index (χ2n) is 4.32. The number of oxazole rings is 1. The van der Waals surface area contributed by atoms with Crippen molar-refractivity contribution in [2.45, 2.75) is 13.5 Å². The Hall–Kier alpha value is -2.63. The Labute approximate surface area is 115 Å². The summed E-state index contributed by atoms with van der Waals surface area (Å²) in [4.78, 5) is 20.5. The zero-order chi connectivity index (χ0) is 13.9. The van der Waals surface area contributed by atoms with E-state index in [1.807, 2.05) is 25.1 Å². The Morgan fingerprint density at radius 1 is 1.30 bits per heavy atom. The summed E-state index contributed by atoms with van der Waals surface area (Å²) in [6.07, 6.45) is 1.64. The Morgan fingerprint density at radius 2 is 2.20 bits per heavy atom. The molecule has 6 nitrogen and oxygen atoms in total. The Kier molecular flexibility index (Phi) is 3.20. The quantitative estimate of drug-likeness (QED) is 0.783. The Bertz CT molecular complexity index is 791. The molecule has 0 fully saturated rings. The first kappa shape index (κ1) is 12.4. The topological polar surface area (TPSA) is 73.0 Å². The van der Waals surface area contributed by atoms with Gasteiger partial charge in [0.1, 0.15) is 5.82 Å². The van der Waals surface area contributed by atoms with Crippen molar-refractivity contribution in [2.24, 2.45) is 0 Å². The third kappa shape index (κ3) is 2.27. The predicted octanol–water partition coefficient (Wildman–Crippen LogP) is 1.86. The van der Waals surface area contributed by atoms with Crippen LogP contribution in [0.1, 0.15) is 12.6 Å². The molecule has 0 saturated heterocycles. The molecular formula is C14H14N4O2. The first-order valence-electron chi connectivity index (χ1n) is 6.42.